The van der Waals surface area contributed by atoms with E-state index < -0.39 is 24.0 Å². The second-order valence-electron chi connectivity index (χ2n) is 9.16. The van der Waals surface area contributed by atoms with Crippen molar-refractivity contribution in [1.82, 2.24) is 10.7 Å². The summed E-state index contributed by atoms with van der Waals surface area (Å²) in [5, 5.41) is 7.58. The average Bonchev–Trinajstić information content (AvgIpc) is 2.98. The highest BCUT2D eigenvalue weighted by Crippen LogP contribution is 2.28. The largest absolute Gasteiger partial charge is 0.489 e. The van der Waals surface area contributed by atoms with Crippen LogP contribution in [0.15, 0.2) is 108 Å². The van der Waals surface area contributed by atoms with Crippen LogP contribution in [0.2, 0.25) is 10.0 Å². The quantitative estimate of drug-likeness (QED) is 0.152. The third-order valence-corrected chi connectivity index (χ3v) is 6.53. The lowest BCUT2D eigenvalue weighted by Crippen LogP contribution is -2.50. The molecule has 0 spiro atoms. The summed E-state index contributed by atoms with van der Waals surface area (Å²) in [6.45, 7) is 2.04. The molecule has 0 bridgehead atoms. The Kier molecular flexibility index (Phi) is 10.8. The molecule has 0 aromatic heterocycles. The monoisotopic (exact) mass is 589 g/mol. The third-order valence-electron chi connectivity index (χ3n) is 6.00. The van der Waals surface area contributed by atoms with Gasteiger partial charge in [-0.05, 0) is 66.1 Å². The summed E-state index contributed by atoms with van der Waals surface area (Å²) in [6, 6.07) is 30.4. The van der Waals surface area contributed by atoms with Gasteiger partial charge in [-0.3, -0.25) is 9.59 Å². The molecule has 4 aromatic rings. The van der Waals surface area contributed by atoms with Gasteiger partial charge in [0, 0.05) is 11.4 Å². The van der Waals surface area contributed by atoms with E-state index in [1.54, 1.807) is 19.1 Å². The molecule has 0 heterocycles. The topological polar surface area (TPSA) is 89.0 Å². The highest BCUT2D eigenvalue weighted by Gasteiger charge is 2.25. The van der Waals surface area contributed by atoms with Crippen LogP contribution in [0, 0.1) is 0 Å². The number of benzene rings is 4. The fourth-order valence-corrected chi connectivity index (χ4v) is 4.26. The number of carbonyl (C=O) groups excluding carboxylic acids is 2. The Hall–Kier alpha value is -4.33. The molecule has 2 amide bonds. The molecule has 210 valence electrons. The molecule has 9 heteroatoms. The van der Waals surface area contributed by atoms with Gasteiger partial charge in [0.15, 0.2) is 6.10 Å². The van der Waals surface area contributed by atoms with E-state index in [2.05, 4.69) is 15.8 Å². The van der Waals surface area contributed by atoms with Crippen LogP contribution in [0.5, 0.6) is 11.5 Å². The summed E-state index contributed by atoms with van der Waals surface area (Å²) in [7, 11) is 0. The SMILES string of the molecule is C[C@@H](Oc1ccc(Cl)cc1Cl)C(=O)N[C@@H](Cc1ccccc1)C(=O)N/N=C\c1ccc(OCc2ccccc2)cc1. The number of hydrogen-bond acceptors (Lipinski definition) is 5. The lowest BCUT2D eigenvalue weighted by molar-refractivity contribution is -0.132. The smallest absolute Gasteiger partial charge is 0.262 e. The maximum atomic E-state index is 13.1. The van der Waals surface area contributed by atoms with Gasteiger partial charge in [0.2, 0.25) is 0 Å². The Balaban J connectivity index is 1.35. The summed E-state index contributed by atoms with van der Waals surface area (Å²) in [5.74, 6) is 0.0703. The zero-order chi connectivity index (χ0) is 29.0. The third kappa shape index (κ3) is 9.38. The molecule has 0 aliphatic rings. The van der Waals surface area contributed by atoms with E-state index in [1.165, 1.54) is 12.3 Å². The van der Waals surface area contributed by atoms with E-state index in [-0.39, 0.29) is 11.4 Å². The van der Waals surface area contributed by atoms with Crippen LogP contribution in [-0.2, 0) is 22.6 Å². The number of amides is 2. The van der Waals surface area contributed by atoms with E-state index >= 15 is 0 Å². The molecule has 0 saturated heterocycles. The van der Waals surface area contributed by atoms with E-state index in [0.717, 1.165) is 22.4 Å². The van der Waals surface area contributed by atoms with Crippen molar-refractivity contribution in [2.24, 2.45) is 5.10 Å². The summed E-state index contributed by atoms with van der Waals surface area (Å²) >= 11 is 12.1. The van der Waals surface area contributed by atoms with Crippen molar-refractivity contribution in [1.29, 1.82) is 0 Å². The van der Waals surface area contributed by atoms with Crippen molar-refractivity contribution in [2.75, 3.05) is 0 Å². The highest BCUT2D eigenvalue weighted by molar-refractivity contribution is 6.35. The molecule has 4 rings (SSSR count). The number of rotatable bonds is 12. The fourth-order valence-electron chi connectivity index (χ4n) is 3.80. The van der Waals surface area contributed by atoms with Crippen molar-refractivity contribution in [3.63, 3.8) is 0 Å². The van der Waals surface area contributed by atoms with Crippen molar-refractivity contribution in [2.45, 2.75) is 32.1 Å². The van der Waals surface area contributed by atoms with Crippen molar-refractivity contribution < 1.29 is 19.1 Å². The van der Waals surface area contributed by atoms with Gasteiger partial charge in [0.25, 0.3) is 11.8 Å². The normalized spacial score (nSPS) is 12.4. The van der Waals surface area contributed by atoms with E-state index in [1.807, 2.05) is 84.9 Å². The van der Waals surface area contributed by atoms with Crippen LogP contribution in [-0.4, -0.2) is 30.2 Å². The van der Waals surface area contributed by atoms with Crippen molar-refractivity contribution in [3.05, 3.63) is 130 Å². The van der Waals surface area contributed by atoms with Gasteiger partial charge in [0.05, 0.1) is 11.2 Å². The van der Waals surface area contributed by atoms with Gasteiger partial charge < -0.3 is 14.8 Å². The Bertz CT molecular complexity index is 1470. The summed E-state index contributed by atoms with van der Waals surface area (Å²) in [5.41, 5.74) is 5.25. The summed E-state index contributed by atoms with van der Waals surface area (Å²) in [6.07, 6.45) is 0.857. The minimum Gasteiger partial charge on any atom is -0.489 e. The lowest BCUT2D eigenvalue weighted by Gasteiger charge is -2.21. The van der Waals surface area contributed by atoms with Crippen LogP contribution in [0.4, 0.5) is 0 Å². The van der Waals surface area contributed by atoms with Crippen LogP contribution >= 0.6 is 23.2 Å². The molecule has 0 aliphatic carbocycles. The van der Waals surface area contributed by atoms with Crippen LogP contribution in [0.25, 0.3) is 0 Å². The molecule has 2 atom stereocenters. The summed E-state index contributed by atoms with van der Waals surface area (Å²) in [4.78, 5) is 26.0. The van der Waals surface area contributed by atoms with Gasteiger partial charge in [-0.15, -0.1) is 0 Å². The molecule has 0 saturated carbocycles. The Morgan fingerprint density at radius 2 is 1.51 bits per heavy atom. The second-order valence-corrected chi connectivity index (χ2v) is 10.0. The maximum absolute atomic E-state index is 13.1. The first-order valence-electron chi connectivity index (χ1n) is 12.9. The molecule has 0 fully saturated rings. The number of hydrogen-bond donors (Lipinski definition) is 2. The maximum Gasteiger partial charge on any atom is 0.262 e. The van der Waals surface area contributed by atoms with Crippen LogP contribution < -0.4 is 20.2 Å². The zero-order valence-corrected chi connectivity index (χ0v) is 23.8. The van der Waals surface area contributed by atoms with Crippen molar-refractivity contribution in [3.8, 4) is 11.5 Å². The molecular weight excluding hydrogens is 561 g/mol. The molecule has 7 nitrogen and oxygen atoms in total. The molecule has 4 aromatic carbocycles. The molecule has 0 unspecified atom stereocenters. The molecule has 2 N–H and O–H groups in total. The predicted molar refractivity (Wildman–Crippen MR) is 162 cm³/mol. The second kappa shape index (κ2) is 14.9. The predicted octanol–water partition coefficient (Wildman–Crippen LogP) is 6.22. The van der Waals surface area contributed by atoms with Crippen molar-refractivity contribution >= 4 is 41.2 Å². The van der Waals surface area contributed by atoms with Gasteiger partial charge in [-0.2, -0.15) is 5.10 Å². The minimum absolute atomic E-state index is 0.260. The average molecular weight is 591 g/mol. The fraction of sp³-hybridized carbons (Fsp3) is 0.156. The van der Waals surface area contributed by atoms with Crippen LogP contribution in [0.1, 0.15) is 23.6 Å². The first kappa shape index (κ1) is 29.6. The first-order chi connectivity index (χ1) is 19.9. The Morgan fingerprint density at radius 1 is 0.854 bits per heavy atom. The minimum atomic E-state index is -0.925. The Morgan fingerprint density at radius 3 is 2.17 bits per heavy atom. The number of nitrogens with zero attached hydrogens (tertiary/aromatic N) is 1. The first-order valence-corrected chi connectivity index (χ1v) is 13.7. The standard InChI is InChI=1S/C32H29Cl2N3O4/c1-22(41-30-17-14-26(33)19-28(30)34)31(38)36-29(18-23-8-4-2-5-9-23)32(39)37-35-20-24-12-15-27(16-13-24)40-21-25-10-6-3-7-11-25/h2-17,19-20,22,29H,18,21H2,1H3,(H,36,38)(H,37,39)/b35-20-/t22-,29+/m1/s1. The summed E-state index contributed by atoms with van der Waals surface area (Å²) < 4.78 is 11.5. The Labute approximate surface area is 249 Å². The molecule has 0 aliphatic heterocycles. The van der Waals surface area contributed by atoms with E-state index in [0.29, 0.717) is 17.4 Å². The highest BCUT2D eigenvalue weighted by atomic mass is 35.5. The number of ether oxygens (including phenoxy) is 2. The molecule has 0 radical (unpaired) electrons. The number of hydrazone groups is 1. The van der Waals surface area contributed by atoms with Crippen LogP contribution in [0.3, 0.4) is 0 Å². The van der Waals surface area contributed by atoms with Gasteiger partial charge >= 0.3 is 0 Å². The van der Waals surface area contributed by atoms with Gasteiger partial charge in [-0.25, -0.2) is 5.43 Å². The zero-order valence-electron chi connectivity index (χ0n) is 22.3. The van der Waals surface area contributed by atoms with E-state index in [9.17, 15) is 9.59 Å². The number of carbonyl (C=O) groups is 2. The van der Waals surface area contributed by atoms with Gasteiger partial charge in [0.1, 0.15) is 24.1 Å². The van der Waals surface area contributed by atoms with Gasteiger partial charge in [-0.1, -0.05) is 83.9 Å². The molecular formula is C32H29Cl2N3O4. The molecule has 41 heavy (non-hydrogen) atoms. The lowest BCUT2D eigenvalue weighted by atomic mass is 10.1. The van der Waals surface area contributed by atoms with E-state index in [4.69, 9.17) is 32.7 Å². The number of nitrogens with one attached hydrogen (secondary N) is 2. The number of halogens is 2.